The monoisotopic (exact) mass is 277 g/mol. The number of rotatable bonds is 2. The molecule has 0 bridgehead atoms. The van der Waals surface area contributed by atoms with Gasteiger partial charge in [0.15, 0.2) is 5.78 Å². The van der Waals surface area contributed by atoms with E-state index in [2.05, 4.69) is 4.98 Å². The Morgan fingerprint density at radius 2 is 1.67 bits per heavy atom. The zero-order valence-corrected chi connectivity index (χ0v) is 11.9. The minimum Gasteiger partial charge on any atom is -0.354 e. The van der Waals surface area contributed by atoms with E-state index in [1.54, 1.807) is 12.1 Å². The normalized spacial score (nSPS) is 10.8. The highest BCUT2D eigenvalue weighted by Gasteiger charge is 2.16. The van der Waals surface area contributed by atoms with Crippen LogP contribution in [-0.4, -0.2) is 10.8 Å². The van der Waals surface area contributed by atoms with Crippen molar-refractivity contribution in [1.29, 1.82) is 0 Å². The minimum atomic E-state index is -0.224. The van der Waals surface area contributed by atoms with Gasteiger partial charge in [-0.3, -0.25) is 9.59 Å². The summed E-state index contributed by atoms with van der Waals surface area (Å²) in [5.74, 6) is -0.224. The number of H-pyrrole nitrogens is 1. The largest absolute Gasteiger partial charge is 0.354 e. The first kappa shape index (κ1) is 13.3. The maximum atomic E-state index is 12.6. The van der Waals surface area contributed by atoms with E-state index >= 15 is 0 Å². The lowest BCUT2D eigenvalue weighted by Crippen LogP contribution is -2.16. The molecule has 0 spiro atoms. The number of benzene rings is 2. The van der Waals surface area contributed by atoms with Crippen LogP contribution in [0.25, 0.3) is 22.2 Å². The molecule has 3 heteroatoms. The average molecular weight is 277 g/mol. The minimum absolute atomic E-state index is 0.215. The van der Waals surface area contributed by atoms with Crippen LogP contribution in [0.2, 0.25) is 0 Å². The number of carbonyl (C=O) groups excluding carboxylic acids is 1. The van der Waals surface area contributed by atoms with Crippen molar-refractivity contribution in [2.45, 2.75) is 13.8 Å². The maximum Gasteiger partial charge on any atom is 0.200 e. The van der Waals surface area contributed by atoms with E-state index in [1.807, 2.05) is 43.3 Å². The standard InChI is InChI=1S/C18H15NO2/c1-11-7-9-13(10-8-11)17-16(12(2)20)18(21)14-5-3-4-6-15(14)19-17/h3-10H,1-2H3,(H,19,21). The Balaban J connectivity index is 2.40. The summed E-state index contributed by atoms with van der Waals surface area (Å²) in [6.45, 7) is 3.43. The van der Waals surface area contributed by atoms with Crippen molar-refractivity contribution in [3.05, 3.63) is 69.9 Å². The van der Waals surface area contributed by atoms with Gasteiger partial charge in [-0.15, -0.1) is 0 Å². The molecule has 0 fully saturated rings. The van der Waals surface area contributed by atoms with E-state index in [4.69, 9.17) is 0 Å². The van der Waals surface area contributed by atoms with E-state index in [0.29, 0.717) is 11.1 Å². The number of aromatic nitrogens is 1. The first-order valence-corrected chi connectivity index (χ1v) is 6.81. The fourth-order valence-corrected chi connectivity index (χ4v) is 2.51. The van der Waals surface area contributed by atoms with Gasteiger partial charge >= 0.3 is 0 Å². The molecule has 0 unspecified atom stereocenters. The Morgan fingerprint density at radius 1 is 1.00 bits per heavy atom. The number of ketones is 1. The molecule has 0 aliphatic heterocycles. The molecular weight excluding hydrogens is 262 g/mol. The third kappa shape index (κ3) is 2.27. The molecule has 1 N–H and O–H groups in total. The van der Waals surface area contributed by atoms with Crippen LogP contribution in [0.5, 0.6) is 0 Å². The molecule has 2 aromatic carbocycles. The van der Waals surface area contributed by atoms with Gasteiger partial charge < -0.3 is 4.98 Å². The lowest BCUT2D eigenvalue weighted by atomic mass is 9.99. The second-order valence-electron chi connectivity index (χ2n) is 5.17. The van der Waals surface area contributed by atoms with Gasteiger partial charge in [-0.2, -0.15) is 0 Å². The second-order valence-corrected chi connectivity index (χ2v) is 5.17. The van der Waals surface area contributed by atoms with Crippen LogP contribution in [0, 0.1) is 6.92 Å². The van der Waals surface area contributed by atoms with Gasteiger partial charge in [0.2, 0.25) is 5.43 Å². The van der Waals surface area contributed by atoms with Crippen molar-refractivity contribution < 1.29 is 4.79 Å². The van der Waals surface area contributed by atoms with Crippen molar-refractivity contribution in [2.24, 2.45) is 0 Å². The Kier molecular flexibility index (Phi) is 3.18. The van der Waals surface area contributed by atoms with Gasteiger partial charge in [0.25, 0.3) is 0 Å². The van der Waals surface area contributed by atoms with E-state index in [1.165, 1.54) is 6.92 Å². The Bertz CT molecular complexity index is 889. The van der Waals surface area contributed by atoms with Gasteiger partial charge in [-0.25, -0.2) is 0 Å². The maximum absolute atomic E-state index is 12.6. The molecule has 3 rings (SSSR count). The Morgan fingerprint density at radius 3 is 2.33 bits per heavy atom. The molecule has 0 saturated carbocycles. The first-order chi connectivity index (χ1) is 10.1. The SMILES string of the molecule is CC(=O)c1c(-c2ccc(C)cc2)[nH]c2ccccc2c1=O. The molecule has 3 aromatic rings. The highest BCUT2D eigenvalue weighted by atomic mass is 16.1. The van der Waals surface area contributed by atoms with Gasteiger partial charge in [0, 0.05) is 10.9 Å². The van der Waals surface area contributed by atoms with E-state index in [0.717, 1.165) is 16.6 Å². The van der Waals surface area contributed by atoms with Crippen LogP contribution in [0.4, 0.5) is 0 Å². The number of para-hydroxylation sites is 1. The van der Waals surface area contributed by atoms with Crippen LogP contribution in [0.3, 0.4) is 0 Å². The van der Waals surface area contributed by atoms with Crippen LogP contribution in [-0.2, 0) is 0 Å². The summed E-state index contributed by atoms with van der Waals surface area (Å²) in [4.78, 5) is 27.8. The number of aryl methyl sites for hydroxylation is 1. The predicted molar refractivity (Wildman–Crippen MR) is 84.7 cm³/mol. The third-order valence-corrected chi connectivity index (χ3v) is 3.60. The average Bonchev–Trinajstić information content (AvgIpc) is 2.47. The molecule has 1 heterocycles. The van der Waals surface area contributed by atoms with Gasteiger partial charge in [-0.05, 0) is 31.5 Å². The smallest absolute Gasteiger partial charge is 0.200 e. The van der Waals surface area contributed by atoms with Crippen LogP contribution in [0.1, 0.15) is 22.8 Å². The van der Waals surface area contributed by atoms with Crippen molar-refractivity contribution in [2.75, 3.05) is 0 Å². The summed E-state index contributed by atoms with van der Waals surface area (Å²) in [5, 5.41) is 0.540. The molecule has 0 aliphatic carbocycles. The second kappa shape index (κ2) is 5.02. The third-order valence-electron chi connectivity index (χ3n) is 3.60. The van der Waals surface area contributed by atoms with E-state index < -0.39 is 0 Å². The lowest BCUT2D eigenvalue weighted by molar-refractivity contribution is 0.101. The van der Waals surface area contributed by atoms with Crippen LogP contribution >= 0.6 is 0 Å². The van der Waals surface area contributed by atoms with Crippen molar-refractivity contribution in [3.8, 4) is 11.3 Å². The number of Topliss-reactive ketones (excluding diaryl/α,β-unsaturated/α-hetero) is 1. The Hall–Kier alpha value is -2.68. The number of nitrogens with one attached hydrogen (secondary N) is 1. The Labute approximate surface area is 122 Å². The lowest BCUT2D eigenvalue weighted by Gasteiger charge is -2.10. The van der Waals surface area contributed by atoms with Crippen LogP contribution < -0.4 is 5.43 Å². The molecule has 0 amide bonds. The zero-order chi connectivity index (χ0) is 15.0. The molecule has 0 saturated heterocycles. The number of carbonyl (C=O) groups is 1. The highest BCUT2D eigenvalue weighted by molar-refractivity contribution is 6.03. The highest BCUT2D eigenvalue weighted by Crippen LogP contribution is 2.23. The van der Waals surface area contributed by atoms with Gasteiger partial charge in [-0.1, -0.05) is 42.0 Å². The topological polar surface area (TPSA) is 49.9 Å². The molecule has 21 heavy (non-hydrogen) atoms. The van der Waals surface area contributed by atoms with E-state index in [9.17, 15) is 9.59 Å². The fourth-order valence-electron chi connectivity index (χ4n) is 2.51. The van der Waals surface area contributed by atoms with Crippen molar-refractivity contribution in [3.63, 3.8) is 0 Å². The van der Waals surface area contributed by atoms with E-state index in [-0.39, 0.29) is 16.8 Å². The number of hydrogen-bond donors (Lipinski definition) is 1. The van der Waals surface area contributed by atoms with Gasteiger partial charge in [0.05, 0.1) is 11.3 Å². The summed E-state index contributed by atoms with van der Waals surface area (Å²) in [7, 11) is 0. The summed E-state index contributed by atoms with van der Waals surface area (Å²) >= 11 is 0. The van der Waals surface area contributed by atoms with Crippen molar-refractivity contribution in [1.82, 2.24) is 4.98 Å². The zero-order valence-electron chi connectivity index (χ0n) is 11.9. The summed E-state index contributed by atoms with van der Waals surface area (Å²) in [5.41, 5.74) is 3.30. The van der Waals surface area contributed by atoms with Gasteiger partial charge in [0.1, 0.15) is 0 Å². The molecule has 3 nitrogen and oxygen atoms in total. The molecule has 0 atom stereocenters. The molecular formula is C18H15NO2. The molecule has 104 valence electrons. The van der Waals surface area contributed by atoms with Crippen LogP contribution in [0.15, 0.2) is 53.3 Å². The number of aromatic amines is 1. The number of hydrogen-bond acceptors (Lipinski definition) is 2. The molecule has 0 radical (unpaired) electrons. The number of fused-ring (bicyclic) bond motifs is 1. The predicted octanol–water partition coefficient (Wildman–Crippen LogP) is 3.71. The summed E-state index contributed by atoms with van der Waals surface area (Å²) in [6.07, 6.45) is 0. The molecule has 0 aliphatic rings. The summed E-state index contributed by atoms with van der Waals surface area (Å²) in [6, 6.07) is 15.0. The molecule has 1 aromatic heterocycles. The van der Waals surface area contributed by atoms with Crippen molar-refractivity contribution >= 4 is 16.7 Å². The summed E-state index contributed by atoms with van der Waals surface area (Å²) < 4.78 is 0. The number of pyridine rings is 1. The fraction of sp³-hybridized carbons (Fsp3) is 0.111. The first-order valence-electron chi connectivity index (χ1n) is 6.81. The quantitative estimate of drug-likeness (QED) is 0.726.